The second kappa shape index (κ2) is 5.19. The summed E-state index contributed by atoms with van der Waals surface area (Å²) in [4.78, 5) is 24.2. The van der Waals surface area contributed by atoms with E-state index >= 15 is 0 Å². The highest BCUT2D eigenvalue weighted by molar-refractivity contribution is 7.17. The SMILES string of the molecule is C#CCN(CC1CC1)C(=O)c1ccc([N+](=O)[O-])s1. The van der Waals surface area contributed by atoms with Crippen LogP contribution in [-0.2, 0) is 0 Å². The van der Waals surface area contributed by atoms with Gasteiger partial charge in [0.25, 0.3) is 5.91 Å². The first kappa shape index (κ1) is 12.6. The van der Waals surface area contributed by atoms with Crippen LogP contribution in [0, 0.1) is 28.4 Å². The van der Waals surface area contributed by atoms with Crippen LogP contribution in [0.15, 0.2) is 12.1 Å². The number of amides is 1. The molecule has 0 aromatic carbocycles. The van der Waals surface area contributed by atoms with Crippen molar-refractivity contribution >= 4 is 22.2 Å². The van der Waals surface area contributed by atoms with Crippen LogP contribution in [0.1, 0.15) is 22.5 Å². The van der Waals surface area contributed by atoms with Crippen LogP contribution in [0.25, 0.3) is 0 Å². The predicted molar refractivity (Wildman–Crippen MR) is 68.4 cm³/mol. The van der Waals surface area contributed by atoms with Gasteiger partial charge in [0.2, 0.25) is 0 Å². The molecule has 18 heavy (non-hydrogen) atoms. The van der Waals surface area contributed by atoms with Crippen molar-refractivity contribution in [2.24, 2.45) is 5.92 Å². The molecule has 1 saturated carbocycles. The van der Waals surface area contributed by atoms with Crippen molar-refractivity contribution in [3.05, 3.63) is 27.1 Å². The Morgan fingerprint density at radius 3 is 2.83 bits per heavy atom. The fourth-order valence-electron chi connectivity index (χ4n) is 1.64. The molecule has 0 saturated heterocycles. The molecule has 1 heterocycles. The fraction of sp³-hybridized carbons (Fsp3) is 0.417. The molecule has 1 aliphatic carbocycles. The number of rotatable bonds is 5. The number of nitrogens with zero attached hydrogens (tertiary/aromatic N) is 2. The summed E-state index contributed by atoms with van der Waals surface area (Å²) < 4.78 is 0. The van der Waals surface area contributed by atoms with Crippen LogP contribution in [0.2, 0.25) is 0 Å². The highest BCUT2D eigenvalue weighted by Crippen LogP contribution is 2.31. The molecule has 6 heteroatoms. The van der Waals surface area contributed by atoms with Crippen molar-refractivity contribution in [2.75, 3.05) is 13.1 Å². The van der Waals surface area contributed by atoms with E-state index < -0.39 is 4.92 Å². The Hall–Kier alpha value is -1.87. The number of nitro groups is 1. The predicted octanol–water partition coefficient (Wildman–Crippen LogP) is 2.14. The van der Waals surface area contributed by atoms with Gasteiger partial charge in [0.15, 0.2) is 0 Å². The summed E-state index contributed by atoms with van der Waals surface area (Å²) in [6, 6.07) is 2.84. The third-order valence-corrected chi connectivity index (χ3v) is 3.75. The summed E-state index contributed by atoms with van der Waals surface area (Å²) in [6.07, 6.45) is 7.49. The van der Waals surface area contributed by atoms with Crippen molar-refractivity contribution in [3.63, 3.8) is 0 Å². The zero-order chi connectivity index (χ0) is 13.1. The van der Waals surface area contributed by atoms with E-state index in [1.54, 1.807) is 4.90 Å². The van der Waals surface area contributed by atoms with Crippen LogP contribution in [0.4, 0.5) is 5.00 Å². The average molecular weight is 264 g/mol. The van der Waals surface area contributed by atoms with Gasteiger partial charge in [0.05, 0.1) is 16.3 Å². The quantitative estimate of drug-likeness (QED) is 0.465. The standard InChI is InChI=1S/C12H12N2O3S/c1-2-7-13(8-9-3-4-9)12(15)10-5-6-11(18-10)14(16)17/h1,5-6,9H,3-4,7-8H2. The van der Waals surface area contributed by atoms with Gasteiger partial charge in [-0.1, -0.05) is 17.3 Å². The molecule has 0 atom stereocenters. The maximum Gasteiger partial charge on any atom is 0.324 e. The maximum absolute atomic E-state index is 12.2. The molecular weight excluding hydrogens is 252 g/mol. The number of hydrogen-bond donors (Lipinski definition) is 0. The first-order valence-electron chi connectivity index (χ1n) is 5.58. The Morgan fingerprint density at radius 1 is 1.61 bits per heavy atom. The van der Waals surface area contributed by atoms with Crippen molar-refractivity contribution < 1.29 is 9.72 Å². The summed E-state index contributed by atoms with van der Waals surface area (Å²) in [5.74, 6) is 2.79. The van der Waals surface area contributed by atoms with E-state index in [1.165, 1.54) is 12.1 Å². The van der Waals surface area contributed by atoms with E-state index in [0.29, 0.717) is 17.3 Å². The molecule has 1 aromatic rings. The Labute approximate surface area is 109 Å². The Balaban J connectivity index is 2.10. The molecule has 1 aliphatic rings. The highest BCUT2D eigenvalue weighted by Gasteiger charge is 2.28. The summed E-state index contributed by atoms with van der Waals surface area (Å²) in [7, 11) is 0. The van der Waals surface area contributed by atoms with E-state index in [9.17, 15) is 14.9 Å². The molecule has 2 rings (SSSR count). The van der Waals surface area contributed by atoms with Gasteiger partial charge in [-0.15, -0.1) is 6.42 Å². The molecular formula is C12H12N2O3S. The second-order valence-corrected chi connectivity index (χ2v) is 5.29. The van der Waals surface area contributed by atoms with Crippen LogP contribution < -0.4 is 0 Å². The molecule has 1 aromatic heterocycles. The minimum Gasteiger partial charge on any atom is -0.327 e. The lowest BCUT2D eigenvalue weighted by molar-refractivity contribution is -0.380. The van der Waals surface area contributed by atoms with Gasteiger partial charge in [-0.2, -0.15) is 0 Å². The lowest BCUT2D eigenvalue weighted by atomic mass is 10.3. The normalized spacial score (nSPS) is 13.9. The van der Waals surface area contributed by atoms with Gasteiger partial charge in [0, 0.05) is 12.6 Å². The van der Waals surface area contributed by atoms with Crippen molar-refractivity contribution in [3.8, 4) is 12.3 Å². The van der Waals surface area contributed by atoms with Crippen molar-refractivity contribution in [1.82, 2.24) is 4.90 Å². The van der Waals surface area contributed by atoms with Gasteiger partial charge in [-0.3, -0.25) is 14.9 Å². The summed E-state index contributed by atoms with van der Waals surface area (Å²) in [5, 5.41) is 10.6. The molecule has 94 valence electrons. The van der Waals surface area contributed by atoms with Gasteiger partial charge in [0.1, 0.15) is 0 Å². The minimum atomic E-state index is -0.492. The lowest BCUT2D eigenvalue weighted by Gasteiger charge is -2.18. The topological polar surface area (TPSA) is 63.5 Å². The summed E-state index contributed by atoms with van der Waals surface area (Å²) in [6.45, 7) is 0.899. The molecule has 5 nitrogen and oxygen atoms in total. The molecule has 0 radical (unpaired) electrons. The number of thiophene rings is 1. The number of carbonyl (C=O) groups is 1. The number of carbonyl (C=O) groups excluding carboxylic acids is 1. The Morgan fingerprint density at radius 2 is 2.33 bits per heavy atom. The molecule has 0 unspecified atom stereocenters. The molecule has 0 bridgehead atoms. The largest absolute Gasteiger partial charge is 0.327 e. The van der Waals surface area contributed by atoms with Crippen LogP contribution in [0.5, 0.6) is 0 Å². The van der Waals surface area contributed by atoms with Crippen molar-refractivity contribution in [1.29, 1.82) is 0 Å². The third-order valence-electron chi connectivity index (χ3n) is 2.73. The second-order valence-electron chi connectivity index (χ2n) is 4.23. The first-order valence-corrected chi connectivity index (χ1v) is 6.40. The summed E-state index contributed by atoms with van der Waals surface area (Å²) >= 11 is 0.892. The Kier molecular flexibility index (Phi) is 3.63. The molecule has 1 fully saturated rings. The van der Waals surface area contributed by atoms with E-state index in [0.717, 1.165) is 24.2 Å². The van der Waals surface area contributed by atoms with E-state index in [-0.39, 0.29) is 17.5 Å². The number of terminal acetylenes is 1. The molecule has 0 aliphatic heterocycles. The summed E-state index contributed by atoms with van der Waals surface area (Å²) in [5.41, 5.74) is 0. The van der Waals surface area contributed by atoms with Crippen molar-refractivity contribution in [2.45, 2.75) is 12.8 Å². The van der Waals surface area contributed by atoms with Crippen LogP contribution >= 0.6 is 11.3 Å². The highest BCUT2D eigenvalue weighted by atomic mass is 32.1. The van der Waals surface area contributed by atoms with E-state index in [2.05, 4.69) is 5.92 Å². The zero-order valence-corrected chi connectivity index (χ0v) is 10.5. The Bertz CT molecular complexity index is 514. The van der Waals surface area contributed by atoms with Gasteiger partial charge in [-0.05, 0) is 24.8 Å². The minimum absolute atomic E-state index is 0.0228. The molecule has 1 amide bonds. The van der Waals surface area contributed by atoms with Crippen LogP contribution in [-0.4, -0.2) is 28.8 Å². The van der Waals surface area contributed by atoms with Gasteiger partial charge < -0.3 is 4.90 Å². The van der Waals surface area contributed by atoms with E-state index in [4.69, 9.17) is 6.42 Å². The zero-order valence-electron chi connectivity index (χ0n) is 9.67. The fourth-order valence-corrected chi connectivity index (χ4v) is 2.43. The van der Waals surface area contributed by atoms with E-state index in [1.807, 2.05) is 0 Å². The lowest BCUT2D eigenvalue weighted by Crippen LogP contribution is -2.32. The van der Waals surface area contributed by atoms with Gasteiger partial charge >= 0.3 is 5.00 Å². The molecule has 0 N–H and O–H groups in total. The monoisotopic (exact) mass is 264 g/mol. The smallest absolute Gasteiger partial charge is 0.324 e. The van der Waals surface area contributed by atoms with Gasteiger partial charge in [-0.25, -0.2) is 0 Å². The first-order chi connectivity index (χ1) is 8.61. The third kappa shape index (κ3) is 2.87. The number of hydrogen-bond acceptors (Lipinski definition) is 4. The average Bonchev–Trinajstić information content (AvgIpc) is 3.01. The maximum atomic E-state index is 12.2. The van der Waals surface area contributed by atoms with Crippen LogP contribution in [0.3, 0.4) is 0 Å². The molecule has 0 spiro atoms.